The maximum atomic E-state index is 12.4. The van der Waals surface area contributed by atoms with Crippen molar-refractivity contribution in [3.8, 4) is 17.2 Å². The van der Waals surface area contributed by atoms with Crippen molar-refractivity contribution in [1.82, 2.24) is 0 Å². The lowest BCUT2D eigenvalue weighted by molar-refractivity contribution is -0.115. The van der Waals surface area contributed by atoms with Crippen LogP contribution in [0.4, 0.5) is 5.69 Å². The van der Waals surface area contributed by atoms with Gasteiger partial charge < -0.3 is 19.5 Å². The van der Waals surface area contributed by atoms with E-state index in [0.29, 0.717) is 18.1 Å². The van der Waals surface area contributed by atoms with Crippen LogP contribution in [0.5, 0.6) is 17.2 Å². The third-order valence-corrected chi connectivity index (χ3v) is 4.56. The molecule has 0 saturated heterocycles. The van der Waals surface area contributed by atoms with Gasteiger partial charge in [0.2, 0.25) is 5.91 Å². The van der Waals surface area contributed by atoms with Gasteiger partial charge in [0, 0.05) is 10.6 Å². The second-order valence-corrected chi connectivity index (χ2v) is 6.64. The first kappa shape index (κ1) is 19.0. The van der Waals surface area contributed by atoms with Crippen molar-refractivity contribution < 1.29 is 19.0 Å². The Hall–Kier alpha value is -2.34. The van der Waals surface area contributed by atoms with Crippen molar-refractivity contribution in [2.45, 2.75) is 24.0 Å². The molecular formula is C19H23NO4S. The molecule has 0 bridgehead atoms. The number of carbonyl (C=O) groups is 1. The fourth-order valence-electron chi connectivity index (χ4n) is 2.19. The average Bonchev–Trinajstić information content (AvgIpc) is 2.63. The number of carbonyl (C=O) groups excluding carboxylic acids is 1. The number of hydrogen-bond donors (Lipinski definition) is 1. The largest absolute Gasteiger partial charge is 0.494 e. The molecular weight excluding hydrogens is 338 g/mol. The third-order valence-electron chi connectivity index (χ3n) is 3.47. The number of thioether (sulfide) groups is 1. The molecule has 0 aliphatic rings. The van der Waals surface area contributed by atoms with Gasteiger partial charge in [-0.15, -0.1) is 11.8 Å². The molecule has 0 unspecified atom stereocenters. The molecule has 0 heterocycles. The molecule has 0 radical (unpaired) electrons. The summed E-state index contributed by atoms with van der Waals surface area (Å²) in [6.45, 7) is 4.42. The fourth-order valence-corrected chi connectivity index (χ4v) is 3.09. The molecule has 2 rings (SSSR count). The van der Waals surface area contributed by atoms with Crippen LogP contribution in [0.2, 0.25) is 0 Å². The van der Waals surface area contributed by atoms with E-state index < -0.39 is 0 Å². The Morgan fingerprint density at radius 2 is 1.76 bits per heavy atom. The van der Waals surface area contributed by atoms with Gasteiger partial charge >= 0.3 is 0 Å². The summed E-state index contributed by atoms with van der Waals surface area (Å²) >= 11 is 1.46. The second-order valence-electron chi connectivity index (χ2n) is 5.22. The number of amides is 1. The topological polar surface area (TPSA) is 56.8 Å². The predicted octanol–water partition coefficient (Wildman–Crippen LogP) is 4.22. The van der Waals surface area contributed by atoms with Crippen LogP contribution >= 0.6 is 11.8 Å². The van der Waals surface area contributed by atoms with E-state index in [9.17, 15) is 4.79 Å². The summed E-state index contributed by atoms with van der Waals surface area (Å²) < 4.78 is 15.9. The van der Waals surface area contributed by atoms with Gasteiger partial charge in [0.15, 0.2) is 11.5 Å². The first-order chi connectivity index (χ1) is 12.1. The summed E-state index contributed by atoms with van der Waals surface area (Å²) in [6.07, 6.45) is 0. The second kappa shape index (κ2) is 9.22. The summed E-state index contributed by atoms with van der Waals surface area (Å²) in [5, 5.41) is 2.65. The van der Waals surface area contributed by atoms with E-state index in [2.05, 4.69) is 5.32 Å². The Balaban J connectivity index is 1.97. The van der Waals surface area contributed by atoms with Crippen LogP contribution < -0.4 is 19.5 Å². The number of rotatable bonds is 8. The number of benzene rings is 2. The maximum absolute atomic E-state index is 12.4. The van der Waals surface area contributed by atoms with Crippen molar-refractivity contribution in [1.29, 1.82) is 0 Å². The molecule has 2 aromatic rings. The molecule has 0 spiro atoms. The molecule has 1 amide bonds. The van der Waals surface area contributed by atoms with Crippen molar-refractivity contribution in [2.75, 3.05) is 26.1 Å². The first-order valence-corrected chi connectivity index (χ1v) is 8.87. The van der Waals surface area contributed by atoms with E-state index in [-0.39, 0.29) is 11.2 Å². The first-order valence-electron chi connectivity index (χ1n) is 7.99. The number of ether oxygens (including phenoxy) is 3. The van der Waals surface area contributed by atoms with E-state index in [1.807, 2.05) is 56.3 Å². The van der Waals surface area contributed by atoms with Gasteiger partial charge in [0.1, 0.15) is 5.75 Å². The third kappa shape index (κ3) is 5.32. The van der Waals surface area contributed by atoms with Crippen molar-refractivity contribution in [3.05, 3.63) is 42.5 Å². The van der Waals surface area contributed by atoms with Crippen LogP contribution in [0.1, 0.15) is 13.8 Å². The number of nitrogens with one attached hydrogen (secondary N) is 1. The fraction of sp³-hybridized carbons (Fsp3) is 0.316. The number of hydrogen-bond acceptors (Lipinski definition) is 5. The Morgan fingerprint density at radius 3 is 2.36 bits per heavy atom. The summed E-state index contributed by atoms with van der Waals surface area (Å²) in [5.41, 5.74) is 0.744. The molecule has 1 N–H and O–H groups in total. The zero-order valence-corrected chi connectivity index (χ0v) is 15.7. The zero-order chi connectivity index (χ0) is 18.2. The van der Waals surface area contributed by atoms with Gasteiger partial charge in [-0.1, -0.05) is 0 Å². The highest BCUT2D eigenvalue weighted by Gasteiger charge is 2.16. The van der Waals surface area contributed by atoms with Crippen molar-refractivity contribution in [2.24, 2.45) is 0 Å². The van der Waals surface area contributed by atoms with Gasteiger partial charge in [-0.25, -0.2) is 0 Å². The zero-order valence-electron chi connectivity index (χ0n) is 14.9. The summed E-state index contributed by atoms with van der Waals surface area (Å²) in [4.78, 5) is 13.3. The van der Waals surface area contributed by atoms with E-state index >= 15 is 0 Å². The molecule has 1 atom stereocenters. The van der Waals surface area contributed by atoms with Crippen molar-refractivity contribution >= 4 is 23.4 Å². The highest BCUT2D eigenvalue weighted by Crippen LogP contribution is 2.33. The molecule has 134 valence electrons. The normalized spacial score (nSPS) is 11.5. The summed E-state index contributed by atoms with van der Waals surface area (Å²) in [7, 11) is 3.19. The van der Waals surface area contributed by atoms with E-state index in [1.165, 1.54) is 11.8 Å². The monoisotopic (exact) mass is 361 g/mol. The van der Waals surface area contributed by atoms with Crippen LogP contribution in [-0.2, 0) is 4.79 Å². The van der Waals surface area contributed by atoms with E-state index in [4.69, 9.17) is 14.2 Å². The molecule has 0 fully saturated rings. The molecule has 5 nitrogen and oxygen atoms in total. The Bertz CT molecular complexity index is 703. The van der Waals surface area contributed by atoms with Gasteiger partial charge in [-0.3, -0.25) is 4.79 Å². The van der Waals surface area contributed by atoms with E-state index in [0.717, 1.165) is 16.3 Å². The molecule has 2 aromatic carbocycles. The summed E-state index contributed by atoms with van der Waals surface area (Å²) in [6, 6.07) is 12.9. The lowest BCUT2D eigenvalue weighted by Crippen LogP contribution is -2.22. The predicted molar refractivity (Wildman–Crippen MR) is 101 cm³/mol. The Kier molecular flexibility index (Phi) is 7.01. The van der Waals surface area contributed by atoms with Gasteiger partial charge in [0.05, 0.1) is 26.1 Å². The quantitative estimate of drug-likeness (QED) is 0.714. The Morgan fingerprint density at radius 1 is 1.08 bits per heavy atom. The average molecular weight is 361 g/mol. The van der Waals surface area contributed by atoms with Crippen LogP contribution in [0, 0.1) is 0 Å². The number of methoxy groups -OCH3 is 2. The van der Waals surface area contributed by atoms with Gasteiger partial charge in [0.25, 0.3) is 0 Å². The van der Waals surface area contributed by atoms with Crippen LogP contribution in [0.25, 0.3) is 0 Å². The van der Waals surface area contributed by atoms with Crippen LogP contribution in [0.3, 0.4) is 0 Å². The van der Waals surface area contributed by atoms with Crippen LogP contribution in [0.15, 0.2) is 47.4 Å². The molecule has 0 aromatic heterocycles. The standard InChI is InChI=1S/C19H23NO4S/c1-5-24-15-8-6-14(7-9-15)20-19(21)13(2)25-16-10-11-17(22-3)18(12-16)23-4/h6-13H,5H2,1-4H3,(H,20,21)/t13-/m1/s1. The molecule has 25 heavy (non-hydrogen) atoms. The SMILES string of the molecule is CCOc1ccc(NC(=O)[C@@H](C)Sc2ccc(OC)c(OC)c2)cc1. The minimum Gasteiger partial charge on any atom is -0.494 e. The lowest BCUT2D eigenvalue weighted by Gasteiger charge is -2.14. The lowest BCUT2D eigenvalue weighted by atomic mass is 10.3. The smallest absolute Gasteiger partial charge is 0.237 e. The van der Waals surface area contributed by atoms with E-state index in [1.54, 1.807) is 14.2 Å². The van der Waals surface area contributed by atoms with Gasteiger partial charge in [-0.05, 0) is 56.3 Å². The number of anilines is 1. The highest BCUT2D eigenvalue weighted by molar-refractivity contribution is 8.00. The van der Waals surface area contributed by atoms with Crippen LogP contribution in [-0.4, -0.2) is 32.0 Å². The van der Waals surface area contributed by atoms with Crippen molar-refractivity contribution in [3.63, 3.8) is 0 Å². The maximum Gasteiger partial charge on any atom is 0.237 e. The minimum atomic E-state index is -0.260. The minimum absolute atomic E-state index is 0.0658. The van der Waals surface area contributed by atoms with Gasteiger partial charge in [-0.2, -0.15) is 0 Å². The Labute approximate surface area is 152 Å². The molecule has 6 heteroatoms. The highest BCUT2D eigenvalue weighted by atomic mass is 32.2. The molecule has 0 saturated carbocycles. The summed E-state index contributed by atoms with van der Waals surface area (Å²) in [5.74, 6) is 2.03. The molecule has 0 aliphatic heterocycles. The molecule has 0 aliphatic carbocycles.